The van der Waals surface area contributed by atoms with Crippen molar-refractivity contribution in [3.8, 4) is 0 Å². The van der Waals surface area contributed by atoms with Crippen LogP contribution in [0.3, 0.4) is 0 Å². The number of rotatable bonds is 6. The standard InChI is InChI=1S/C13H18N4O2S/c1-3-17-12-11(8(2)15-17)14-13(20-7-10(18)19)16(12)6-9-4-5-9/h9H,3-7H2,1-2H3,(H,18,19). The maximum atomic E-state index is 10.8. The van der Waals surface area contributed by atoms with Crippen molar-refractivity contribution in [3.63, 3.8) is 0 Å². The number of thioether (sulfide) groups is 1. The monoisotopic (exact) mass is 294 g/mol. The summed E-state index contributed by atoms with van der Waals surface area (Å²) in [5.74, 6) is -0.0611. The van der Waals surface area contributed by atoms with Crippen molar-refractivity contribution >= 4 is 28.9 Å². The lowest BCUT2D eigenvalue weighted by Crippen LogP contribution is -2.08. The smallest absolute Gasteiger partial charge is 0.313 e. The highest BCUT2D eigenvalue weighted by atomic mass is 32.2. The number of aromatic nitrogens is 4. The number of carboxylic acids is 1. The Balaban J connectivity index is 2.04. The molecule has 0 amide bonds. The van der Waals surface area contributed by atoms with E-state index in [-0.39, 0.29) is 5.75 Å². The fourth-order valence-corrected chi connectivity index (χ4v) is 3.11. The molecule has 0 radical (unpaired) electrons. The van der Waals surface area contributed by atoms with Crippen LogP contribution in [0.5, 0.6) is 0 Å². The molecule has 1 aliphatic rings. The molecule has 6 nitrogen and oxygen atoms in total. The van der Waals surface area contributed by atoms with E-state index in [9.17, 15) is 4.79 Å². The fourth-order valence-electron chi connectivity index (χ4n) is 2.38. The summed E-state index contributed by atoms with van der Waals surface area (Å²) in [5.41, 5.74) is 2.85. The average molecular weight is 294 g/mol. The molecular weight excluding hydrogens is 276 g/mol. The molecule has 1 aliphatic carbocycles. The van der Waals surface area contributed by atoms with Crippen molar-refractivity contribution in [1.82, 2.24) is 19.3 Å². The molecule has 0 bridgehead atoms. The Kier molecular flexibility index (Phi) is 3.45. The molecule has 2 heterocycles. The lowest BCUT2D eigenvalue weighted by Gasteiger charge is -2.08. The third-order valence-electron chi connectivity index (χ3n) is 3.53. The summed E-state index contributed by atoms with van der Waals surface area (Å²) < 4.78 is 4.12. The summed E-state index contributed by atoms with van der Waals surface area (Å²) in [4.78, 5) is 15.4. The highest BCUT2D eigenvalue weighted by Gasteiger charge is 2.26. The molecule has 2 aromatic rings. The number of hydrogen-bond acceptors (Lipinski definition) is 4. The zero-order valence-electron chi connectivity index (χ0n) is 11.7. The van der Waals surface area contributed by atoms with Gasteiger partial charge in [0.25, 0.3) is 0 Å². The predicted octanol–water partition coefficient (Wildman–Crippen LogP) is 2.15. The molecule has 1 fully saturated rings. The van der Waals surface area contributed by atoms with Crippen LogP contribution in [-0.2, 0) is 17.9 Å². The van der Waals surface area contributed by atoms with E-state index in [2.05, 4.69) is 21.6 Å². The van der Waals surface area contributed by atoms with Gasteiger partial charge >= 0.3 is 5.97 Å². The number of fused-ring (bicyclic) bond motifs is 1. The minimum absolute atomic E-state index is 0.0445. The predicted molar refractivity (Wildman–Crippen MR) is 77.0 cm³/mol. The molecule has 0 aromatic carbocycles. The third kappa shape index (κ3) is 2.42. The van der Waals surface area contributed by atoms with Gasteiger partial charge in [-0.05, 0) is 32.6 Å². The van der Waals surface area contributed by atoms with Gasteiger partial charge in [0, 0.05) is 13.1 Å². The van der Waals surface area contributed by atoms with Crippen molar-refractivity contribution in [3.05, 3.63) is 5.69 Å². The number of carbonyl (C=O) groups is 1. The SMILES string of the molecule is CCn1nc(C)c2nc(SCC(=O)O)n(CC3CC3)c21. The second-order valence-corrected chi connectivity index (χ2v) is 6.15. The Hall–Kier alpha value is -1.50. The minimum Gasteiger partial charge on any atom is -0.481 e. The van der Waals surface area contributed by atoms with E-state index < -0.39 is 5.97 Å². The van der Waals surface area contributed by atoms with Crippen LogP contribution >= 0.6 is 11.8 Å². The van der Waals surface area contributed by atoms with Crippen LogP contribution in [0.25, 0.3) is 11.2 Å². The molecular formula is C13H18N4O2S. The molecule has 7 heteroatoms. The molecule has 1 saturated carbocycles. The summed E-state index contributed by atoms with van der Waals surface area (Å²) in [5, 5.41) is 14.2. The van der Waals surface area contributed by atoms with Crippen LogP contribution in [0.2, 0.25) is 0 Å². The second kappa shape index (κ2) is 5.12. The number of carboxylic acid groups (broad SMARTS) is 1. The normalized spacial score (nSPS) is 15.1. The van der Waals surface area contributed by atoms with E-state index >= 15 is 0 Å². The van der Waals surface area contributed by atoms with Crippen molar-refractivity contribution in [1.29, 1.82) is 0 Å². The number of aliphatic carboxylic acids is 1. The van der Waals surface area contributed by atoms with Gasteiger partial charge in [-0.15, -0.1) is 0 Å². The van der Waals surface area contributed by atoms with E-state index in [1.807, 2.05) is 11.6 Å². The quantitative estimate of drug-likeness (QED) is 0.826. The van der Waals surface area contributed by atoms with Crippen molar-refractivity contribution in [2.75, 3.05) is 5.75 Å². The lowest BCUT2D eigenvalue weighted by molar-refractivity contribution is -0.133. The Morgan fingerprint density at radius 2 is 2.25 bits per heavy atom. The third-order valence-corrected chi connectivity index (χ3v) is 4.49. The number of aryl methyl sites for hydroxylation is 2. The van der Waals surface area contributed by atoms with Gasteiger partial charge in [0.05, 0.1) is 11.4 Å². The second-order valence-electron chi connectivity index (χ2n) is 5.20. The van der Waals surface area contributed by atoms with Crippen molar-refractivity contribution < 1.29 is 9.90 Å². The van der Waals surface area contributed by atoms with Gasteiger partial charge in [-0.3, -0.25) is 4.79 Å². The minimum atomic E-state index is -0.811. The Morgan fingerprint density at radius 1 is 1.50 bits per heavy atom. The lowest BCUT2D eigenvalue weighted by atomic mass is 10.4. The maximum Gasteiger partial charge on any atom is 0.313 e. The summed E-state index contributed by atoms with van der Waals surface area (Å²) in [6, 6.07) is 0. The van der Waals surface area contributed by atoms with Crippen LogP contribution in [-0.4, -0.2) is 36.2 Å². The summed E-state index contributed by atoms with van der Waals surface area (Å²) in [7, 11) is 0. The molecule has 1 N–H and O–H groups in total. The van der Waals surface area contributed by atoms with Crippen LogP contribution in [0.15, 0.2) is 5.16 Å². The van der Waals surface area contributed by atoms with Crippen molar-refractivity contribution in [2.45, 2.75) is 44.9 Å². The number of nitrogens with zero attached hydrogens (tertiary/aromatic N) is 4. The Labute approximate surface area is 121 Å². The van der Waals surface area contributed by atoms with Gasteiger partial charge in [-0.1, -0.05) is 11.8 Å². The molecule has 0 saturated heterocycles. The first-order valence-electron chi connectivity index (χ1n) is 6.88. The van der Waals surface area contributed by atoms with Crippen molar-refractivity contribution in [2.24, 2.45) is 5.92 Å². The first-order chi connectivity index (χ1) is 9.60. The zero-order valence-corrected chi connectivity index (χ0v) is 12.5. The molecule has 108 valence electrons. The molecule has 20 heavy (non-hydrogen) atoms. The molecule has 0 spiro atoms. The van der Waals surface area contributed by atoms with Crippen LogP contribution < -0.4 is 0 Å². The van der Waals surface area contributed by atoms with Gasteiger partial charge in [-0.25, -0.2) is 9.67 Å². The fraction of sp³-hybridized carbons (Fsp3) is 0.615. The van der Waals surface area contributed by atoms with Gasteiger partial charge < -0.3 is 9.67 Å². The molecule has 0 atom stereocenters. The van der Waals surface area contributed by atoms with E-state index in [0.717, 1.165) is 35.1 Å². The molecule has 0 aliphatic heterocycles. The summed E-state index contributed by atoms with van der Waals surface area (Å²) in [6.07, 6.45) is 2.50. The van der Waals surface area contributed by atoms with E-state index in [1.165, 1.54) is 24.6 Å². The largest absolute Gasteiger partial charge is 0.481 e. The van der Waals surface area contributed by atoms with E-state index in [4.69, 9.17) is 5.11 Å². The first kappa shape index (κ1) is 13.5. The van der Waals surface area contributed by atoms with Crippen LogP contribution in [0.1, 0.15) is 25.5 Å². The molecule has 0 unspecified atom stereocenters. The highest BCUT2D eigenvalue weighted by Crippen LogP contribution is 2.34. The highest BCUT2D eigenvalue weighted by molar-refractivity contribution is 7.99. The molecule has 3 rings (SSSR count). The summed E-state index contributed by atoms with van der Waals surface area (Å²) in [6.45, 7) is 5.73. The van der Waals surface area contributed by atoms with Gasteiger partial charge in [0.1, 0.15) is 5.52 Å². The Morgan fingerprint density at radius 3 is 2.85 bits per heavy atom. The van der Waals surface area contributed by atoms with Gasteiger partial charge in [0.2, 0.25) is 0 Å². The average Bonchev–Trinajstić information content (AvgIpc) is 3.07. The van der Waals surface area contributed by atoms with Gasteiger partial charge in [-0.2, -0.15) is 5.10 Å². The maximum absolute atomic E-state index is 10.8. The van der Waals surface area contributed by atoms with Gasteiger partial charge in [0.15, 0.2) is 10.8 Å². The van der Waals surface area contributed by atoms with Crippen LogP contribution in [0.4, 0.5) is 0 Å². The topological polar surface area (TPSA) is 72.9 Å². The van der Waals surface area contributed by atoms with Crippen LogP contribution in [0, 0.1) is 12.8 Å². The van der Waals surface area contributed by atoms with E-state index in [1.54, 1.807) is 0 Å². The first-order valence-corrected chi connectivity index (χ1v) is 7.87. The summed E-state index contributed by atoms with van der Waals surface area (Å²) >= 11 is 1.29. The van der Waals surface area contributed by atoms with E-state index in [0.29, 0.717) is 5.92 Å². The zero-order chi connectivity index (χ0) is 14.3. The Bertz CT molecular complexity index is 657. The number of imidazole rings is 1. The molecule has 2 aromatic heterocycles. The number of hydrogen-bond donors (Lipinski definition) is 1.